The van der Waals surface area contributed by atoms with Crippen LogP contribution in [0.2, 0.25) is 0 Å². The molecule has 0 bridgehead atoms. The Bertz CT molecular complexity index is 408. The lowest BCUT2D eigenvalue weighted by Gasteiger charge is -2.27. The Kier molecular flexibility index (Phi) is 2.80. The van der Waals surface area contributed by atoms with Crippen LogP contribution in [0.5, 0.6) is 5.88 Å². The molecule has 86 valence electrons. The average Bonchev–Trinajstić information content (AvgIpc) is 2.29. The van der Waals surface area contributed by atoms with Crippen LogP contribution in [0.1, 0.15) is 0 Å². The van der Waals surface area contributed by atoms with Crippen LogP contribution in [0.25, 0.3) is 0 Å². The van der Waals surface area contributed by atoms with E-state index < -0.39 is 0 Å². The van der Waals surface area contributed by atoms with Crippen LogP contribution in [-0.4, -0.2) is 37.6 Å². The van der Waals surface area contributed by atoms with Crippen LogP contribution < -0.4 is 20.7 Å². The van der Waals surface area contributed by atoms with E-state index in [9.17, 15) is 4.79 Å². The Hall–Kier alpha value is -1.98. The first-order chi connectivity index (χ1) is 7.70. The third-order valence-corrected chi connectivity index (χ3v) is 2.43. The van der Waals surface area contributed by atoms with Crippen molar-refractivity contribution in [2.75, 3.05) is 37.4 Å². The quantitative estimate of drug-likeness (QED) is 0.712. The molecule has 1 amide bonds. The van der Waals surface area contributed by atoms with Gasteiger partial charge in [-0.3, -0.25) is 4.79 Å². The number of pyridine rings is 1. The number of rotatable bonds is 2. The summed E-state index contributed by atoms with van der Waals surface area (Å²) in [5.74, 6) is 1.10. The number of piperazine rings is 1. The van der Waals surface area contributed by atoms with E-state index in [0.717, 1.165) is 6.54 Å². The first-order valence-corrected chi connectivity index (χ1v) is 5.03. The molecule has 1 aliphatic rings. The lowest BCUT2D eigenvalue weighted by atomic mass is 10.3. The lowest BCUT2D eigenvalue weighted by Crippen LogP contribution is -2.48. The van der Waals surface area contributed by atoms with Gasteiger partial charge in [0.2, 0.25) is 11.8 Å². The summed E-state index contributed by atoms with van der Waals surface area (Å²) in [7, 11) is 1.52. The number of carbonyl (C=O) groups excluding carboxylic acids is 1. The number of nitrogen functional groups attached to an aromatic ring is 1. The minimum absolute atomic E-state index is 0.00356. The summed E-state index contributed by atoms with van der Waals surface area (Å²) >= 11 is 0. The molecule has 0 atom stereocenters. The van der Waals surface area contributed by atoms with Crippen molar-refractivity contribution >= 4 is 17.4 Å². The number of anilines is 2. The molecule has 1 fully saturated rings. The van der Waals surface area contributed by atoms with Gasteiger partial charge in [0.1, 0.15) is 5.82 Å². The molecule has 0 unspecified atom stereocenters. The third-order valence-electron chi connectivity index (χ3n) is 2.43. The van der Waals surface area contributed by atoms with Crippen molar-refractivity contribution in [1.82, 2.24) is 10.3 Å². The molecule has 1 aromatic rings. The van der Waals surface area contributed by atoms with E-state index >= 15 is 0 Å². The SMILES string of the molecule is COc1nc(N2CCNC(=O)C2)ccc1N. The molecular weight excluding hydrogens is 208 g/mol. The maximum absolute atomic E-state index is 11.2. The fraction of sp³-hybridized carbons (Fsp3) is 0.400. The number of carbonyl (C=O) groups is 1. The lowest BCUT2D eigenvalue weighted by molar-refractivity contribution is -0.120. The van der Waals surface area contributed by atoms with Crippen LogP contribution in [0, 0.1) is 0 Å². The van der Waals surface area contributed by atoms with Crippen molar-refractivity contribution < 1.29 is 9.53 Å². The van der Waals surface area contributed by atoms with Gasteiger partial charge < -0.3 is 20.7 Å². The van der Waals surface area contributed by atoms with Crippen molar-refractivity contribution in [1.29, 1.82) is 0 Å². The van der Waals surface area contributed by atoms with Crippen molar-refractivity contribution in [3.63, 3.8) is 0 Å². The van der Waals surface area contributed by atoms with Gasteiger partial charge in [0, 0.05) is 13.1 Å². The maximum atomic E-state index is 11.2. The highest BCUT2D eigenvalue weighted by molar-refractivity contribution is 5.82. The number of methoxy groups -OCH3 is 1. The van der Waals surface area contributed by atoms with E-state index in [2.05, 4.69) is 10.3 Å². The topological polar surface area (TPSA) is 80.5 Å². The van der Waals surface area contributed by atoms with E-state index in [0.29, 0.717) is 30.5 Å². The molecule has 3 N–H and O–H groups in total. The number of hydrogen-bond donors (Lipinski definition) is 2. The number of amides is 1. The molecule has 0 spiro atoms. The third kappa shape index (κ3) is 2.00. The monoisotopic (exact) mass is 222 g/mol. The van der Waals surface area contributed by atoms with Gasteiger partial charge in [-0.2, -0.15) is 4.98 Å². The maximum Gasteiger partial charge on any atom is 0.239 e. The molecule has 16 heavy (non-hydrogen) atoms. The fourth-order valence-electron chi connectivity index (χ4n) is 1.62. The molecular formula is C10H14N4O2. The number of nitrogens with two attached hydrogens (primary N) is 1. The highest BCUT2D eigenvalue weighted by Gasteiger charge is 2.18. The number of hydrogen-bond acceptors (Lipinski definition) is 5. The predicted octanol–water partition coefficient (Wildman–Crippen LogP) is -0.391. The summed E-state index contributed by atoms with van der Waals surface area (Å²) in [6.45, 7) is 1.69. The Balaban J connectivity index is 2.22. The van der Waals surface area contributed by atoms with Gasteiger partial charge in [0.15, 0.2) is 0 Å². The predicted molar refractivity (Wildman–Crippen MR) is 60.4 cm³/mol. The highest BCUT2D eigenvalue weighted by Crippen LogP contribution is 2.22. The number of nitrogens with zero attached hydrogens (tertiary/aromatic N) is 2. The summed E-state index contributed by atoms with van der Waals surface area (Å²) in [5.41, 5.74) is 6.16. The van der Waals surface area contributed by atoms with Gasteiger partial charge in [-0.1, -0.05) is 0 Å². The standard InChI is InChI=1S/C10H14N4O2/c1-16-10-7(11)2-3-8(13-10)14-5-4-12-9(15)6-14/h2-3H,4-6,11H2,1H3,(H,12,15). The second kappa shape index (κ2) is 4.26. The molecule has 2 heterocycles. The summed E-state index contributed by atoms with van der Waals surface area (Å²) < 4.78 is 5.04. The van der Waals surface area contributed by atoms with Gasteiger partial charge in [-0.25, -0.2) is 0 Å². The van der Waals surface area contributed by atoms with E-state index in [-0.39, 0.29) is 5.91 Å². The van der Waals surface area contributed by atoms with Crippen molar-refractivity contribution in [2.45, 2.75) is 0 Å². The van der Waals surface area contributed by atoms with Crippen LogP contribution in [0.15, 0.2) is 12.1 Å². The van der Waals surface area contributed by atoms with Gasteiger partial charge in [-0.15, -0.1) is 0 Å². The molecule has 6 nitrogen and oxygen atoms in total. The molecule has 0 aliphatic carbocycles. The van der Waals surface area contributed by atoms with Crippen LogP contribution in [0.3, 0.4) is 0 Å². The summed E-state index contributed by atoms with van der Waals surface area (Å²) in [4.78, 5) is 17.4. The number of aromatic nitrogens is 1. The van der Waals surface area contributed by atoms with E-state index in [4.69, 9.17) is 10.5 Å². The molecule has 0 aromatic carbocycles. The second-order valence-corrected chi connectivity index (χ2v) is 3.54. The normalized spacial score (nSPS) is 15.8. The highest BCUT2D eigenvalue weighted by atomic mass is 16.5. The van der Waals surface area contributed by atoms with Crippen LogP contribution in [-0.2, 0) is 4.79 Å². The summed E-state index contributed by atoms with van der Waals surface area (Å²) in [5, 5.41) is 2.76. The fourth-order valence-corrected chi connectivity index (χ4v) is 1.62. The molecule has 0 radical (unpaired) electrons. The van der Waals surface area contributed by atoms with E-state index in [1.165, 1.54) is 7.11 Å². The largest absolute Gasteiger partial charge is 0.479 e. The molecule has 1 aromatic heterocycles. The van der Waals surface area contributed by atoms with E-state index in [1.54, 1.807) is 12.1 Å². The van der Waals surface area contributed by atoms with Crippen LogP contribution >= 0.6 is 0 Å². The summed E-state index contributed by atoms with van der Waals surface area (Å²) in [6.07, 6.45) is 0. The average molecular weight is 222 g/mol. The minimum Gasteiger partial charge on any atom is -0.479 e. The Morgan fingerprint density at radius 2 is 2.38 bits per heavy atom. The van der Waals surface area contributed by atoms with Gasteiger partial charge >= 0.3 is 0 Å². The smallest absolute Gasteiger partial charge is 0.239 e. The number of ether oxygens (including phenoxy) is 1. The Morgan fingerprint density at radius 1 is 1.56 bits per heavy atom. The Morgan fingerprint density at radius 3 is 3.06 bits per heavy atom. The van der Waals surface area contributed by atoms with Gasteiger partial charge in [0.25, 0.3) is 0 Å². The Labute approximate surface area is 93.4 Å². The molecule has 1 saturated heterocycles. The second-order valence-electron chi connectivity index (χ2n) is 3.54. The zero-order valence-electron chi connectivity index (χ0n) is 9.06. The van der Waals surface area contributed by atoms with Gasteiger partial charge in [0.05, 0.1) is 19.3 Å². The van der Waals surface area contributed by atoms with Crippen molar-refractivity contribution in [3.05, 3.63) is 12.1 Å². The molecule has 1 aliphatic heterocycles. The zero-order valence-corrected chi connectivity index (χ0v) is 9.06. The first-order valence-electron chi connectivity index (χ1n) is 5.03. The summed E-state index contributed by atoms with van der Waals surface area (Å²) in [6, 6.07) is 3.52. The minimum atomic E-state index is 0.00356. The van der Waals surface area contributed by atoms with Crippen molar-refractivity contribution in [2.24, 2.45) is 0 Å². The van der Waals surface area contributed by atoms with E-state index in [1.807, 2.05) is 4.90 Å². The molecule has 2 rings (SSSR count). The molecule has 6 heteroatoms. The van der Waals surface area contributed by atoms with Crippen LogP contribution in [0.4, 0.5) is 11.5 Å². The first kappa shape index (κ1) is 10.5. The van der Waals surface area contributed by atoms with Gasteiger partial charge in [-0.05, 0) is 12.1 Å². The zero-order chi connectivity index (χ0) is 11.5. The number of nitrogens with one attached hydrogen (secondary N) is 1. The van der Waals surface area contributed by atoms with Crippen molar-refractivity contribution in [3.8, 4) is 5.88 Å². The molecule has 0 saturated carbocycles.